The van der Waals surface area contributed by atoms with Gasteiger partial charge in [-0.15, -0.1) is 0 Å². The highest BCUT2D eigenvalue weighted by atomic mass is 16.2. The fourth-order valence-electron chi connectivity index (χ4n) is 1.99. The molecule has 2 rings (SSSR count). The maximum atomic E-state index is 11.7. The number of benzene rings is 1. The van der Waals surface area contributed by atoms with Crippen molar-refractivity contribution in [2.45, 2.75) is 20.4 Å². The fourth-order valence-corrected chi connectivity index (χ4v) is 1.99. The van der Waals surface area contributed by atoms with Crippen LogP contribution < -0.4 is 5.32 Å². The van der Waals surface area contributed by atoms with Gasteiger partial charge in [-0.25, -0.2) is 0 Å². The third kappa shape index (κ3) is 2.42. The first-order chi connectivity index (χ1) is 7.66. The zero-order valence-electron chi connectivity index (χ0n) is 9.92. The third-order valence-electron chi connectivity index (χ3n) is 3.05. The molecule has 0 bridgehead atoms. The van der Waals surface area contributed by atoms with Gasteiger partial charge >= 0.3 is 0 Å². The Balaban J connectivity index is 2.13. The number of aryl methyl sites for hydroxylation is 2. The van der Waals surface area contributed by atoms with E-state index in [1.807, 2.05) is 4.90 Å². The Bertz CT molecular complexity index is 401. The Morgan fingerprint density at radius 3 is 2.94 bits per heavy atom. The summed E-state index contributed by atoms with van der Waals surface area (Å²) >= 11 is 0. The number of amides is 1. The van der Waals surface area contributed by atoms with Gasteiger partial charge in [-0.05, 0) is 25.0 Å². The normalized spacial score (nSPS) is 16.6. The molecule has 0 spiro atoms. The first-order valence-corrected chi connectivity index (χ1v) is 5.71. The van der Waals surface area contributed by atoms with Crippen LogP contribution in [-0.4, -0.2) is 30.4 Å². The Morgan fingerprint density at radius 2 is 2.19 bits per heavy atom. The van der Waals surface area contributed by atoms with Crippen molar-refractivity contribution in [3.05, 3.63) is 34.9 Å². The molecule has 0 radical (unpaired) electrons. The Kier molecular flexibility index (Phi) is 3.25. The summed E-state index contributed by atoms with van der Waals surface area (Å²) in [7, 11) is 0. The van der Waals surface area contributed by atoms with E-state index in [-0.39, 0.29) is 5.91 Å². The minimum Gasteiger partial charge on any atom is -0.336 e. The zero-order chi connectivity index (χ0) is 11.5. The molecule has 1 saturated heterocycles. The largest absolute Gasteiger partial charge is 0.336 e. The monoisotopic (exact) mass is 218 g/mol. The first kappa shape index (κ1) is 11.1. The van der Waals surface area contributed by atoms with Crippen molar-refractivity contribution in [2.24, 2.45) is 0 Å². The van der Waals surface area contributed by atoms with E-state index >= 15 is 0 Å². The highest BCUT2D eigenvalue weighted by Crippen LogP contribution is 2.13. The maximum Gasteiger partial charge on any atom is 0.236 e. The van der Waals surface area contributed by atoms with Crippen LogP contribution >= 0.6 is 0 Å². The molecular weight excluding hydrogens is 200 g/mol. The van der Waals surface area contributed by atoms with Crippen molar-refractivity contribution < 1.29 is 4.79 Å². The molecule has 1 aliphatic rings. The molecule has 0 atom stereocenters. The molecule has 86 valence electrons. The molecule has 0 saturated carbocycles. The van der Waals surface area contributed by atoms with E-state index in [9.17, 15) is 4.79 Å². The number of hydrogen-bond acceptors (Lipinski definition) is 2. The maximum absolute atomic E-state index is 11.7. The summed E-state index contributed by atoms with van der Waals surface area (Å²) < 4.78 is 0. The summed E-state index contributed by atoms with van der Waals surface area (Å²) in [5, 5.41) is 3.09. The number of nitrogens with zero attached hydrogens (tertiary/aromatic N) is 1. The van der Waals surface area contributed by atoms with E-state index in [4.69, 9.17) is 0 Å². The van der Waals surface area contributed by atoms with Crippen LogP contribution in [0.5, 0.6) is 0 Å². The van der Waals surface area contributed by atoms with Gasteiger partial charge in [0.2, 0.25) is 5.91 Å². The van der Waals surface area contributed by atoms with Crippen LogP contribution in [0.2, 0.25) is 0 Å². The number of carbonyl (C=O) groups is 1. The van der Waals surface area contributed by atoms with Crippen molar-refractivity contribution in [1.82, 2.24) is 10.2 Å². The smallest absolute Gasteiger partial charge is 0.236 e. The lowest BCUT2D eigenvalue weighted by Gasteiger charge is -2.28. The second-order valence-corrected chi connectivity index (χ2v) is 4.42. The zero-order valence-corrected chi connectivity index (χ0v) is 9.92. The molecule has 0 aromatic heterocycles. The number of piperazine rings is 1. The molecule has 0 aliphatic carbocycles. The molecule has 1 aliphatic heterocycles. The third-order valence-corrected chi connectivity index (χ3v) is 3.05. The summed E-state index contributed by atoms with van der Waals surface area (Å²) in [6.45, 7) is 7.12. The summed E-state index contributed by atoms with van der Waals surface area (Å²) in [5.74, 6) is 0.201. The lowest BCUT2D eigenvalue weighted by molar-refractivity contribution is -0.132. The van der Waals surface area contributed by atoms with Crippen LogP contribution in [0, 0.1) is 13.8 Å². The molecule has 1 amide bonds. The Hall–Kier alpha value is -1.35. The van der Waals surface area contributed by atoms with Crippen LogP contribution in [0.15, 0.2) is 18.2 Å². The van der Waals surface area contributed by atoms with Crippen LogP contribution in [0.25, 0.3) is 0 Å². The Morgan fingerprint density at radius 1 is 1.38 bits per heavy atom. The van der Waals surface area contributed by atoms with Crippen LogP contribution in [0.3, 0.4) is 0 Å². The van der Waals surface area contributed by atoms with Crippen LogP contribution in [-0.2, 0) is 11.3 Å². The summed E-state index contributed by atoms with van der Waals surface area (Å²) in [6, 6.07) is 6.40. The highest BCUT2D eigenvalue weighted by molar-refractivity contribution is 5.79. The summed E-state index contributed by atoms with van der Waals surface area (Å²) in [6.07, 6.45) is 0. The van der Waals surface area contributed by atoms with E-state index < -0.39 is 0 Å². The summed E-state index contributed by atoms with van der Waals surface area (Å²) in [4.78, 5) is 13.6. The van der Waals surface area contributed by atoms with Gasteiger partial charge in [0.15, 0.2) is 0 Å². The average molecular weight is 218 g/mol. The second-order valence-electron chi connectivity index (χ2n) is 4.42. The molecule has 1 N–H and O–H groups in total. The standard InChI is InChI=1S/C13H18N2O/c1-10-3-4-11(2)12(7-10)9-15-6-5-14-8-13(15)16/h3-4,7,14H,5-6,8-9H2,1-2H3. The van der Waals surface area contributed by atoms with Crippen molar-refractivity contribution in [3.8, 4) is 0 Å². The predicted octanol–water partition coefficient (Wildman–Crippen LogP) is 1.24. The van der Waals surface area contributed by atoms with Gasteiger partial charge in [0.25, 0.3) is 0 Å². The molecule has 1 heterocycles. The fraction of sp³-hybridized carbons (Fsp3) is 0.462. The number of hydrogen-bond donors (Lipinski definition) is 1. The lowest BCUT2D eigenvalue weighted by atomic mass is 10.0. The minimum absolute atomic E-state index is 0.201. The molecule has 16 heavy (non-hydrogen) atoms. The minimum atomic E-state index is 0.201. The van der Waals surface area contributed by atoms with E-state index in [0.717, 1.165) is 19.6 Å². The SMILES string of the molecule is Cc1ccc(C)c(CN2CCNCC2=O)c1. The first-order valence-electron chi connectivity index (χ1n) is 5.71. The molecule has 3 nitrogen and oxygen atoms in total. The lowest BCUT2D eigenvalue weighted by Crippen LogP contribution is -2.47. The highest BCUT2D eigenvalue weighted by Gasteiger charge is 2.17. The number of rotatable bonds is 2. The van der Waals surface area contributed by atoms with Gasteiger partial charge in [0, 0.05) is 19.6 Å². The van der Waals surface area contributed by atoms with Crippen molar-refractivity contribution in [2.75, 3.05) is 19.6 Å². The average Bonchev–Trinajstić information content (AvgIpc) is 2.27. The van der Waals surface area contributed by atoms with Gasteiger partial charge in [-0.1, -0.05) is 23.8 Å². The number of nitrogens with one attached hydrogen (secondary N) is 1. The quantitative estimate of drug-likeness (QED) is 0.810. The van der Waals surface area contributed by atoms with E-state index in [1.165, 1.54) is 16.7 Å². The molecule has 1 aromatic rings. The van der Waals surface area contributed by atoms with Crippen LogP contribution in [0.1, 0.15) is 16.7 Å². The van der Waals surface area contributed by atoms with E-state index in [0.29, 0.717) is 6.54 Å². The molecule has 3 heteroatoms. The molecule has 1 aromatic carbocycles. The van der Waals surface area contributed by atoms with Gasteiger partial charge < -0.3 is 10.2 Å². The molecule has 0 unspecified atom stereocenters. The van der Waals surface area contributed by atoms with Crippen molar-refractivity contribution >= 4 is 5.91 Å². The Labute approximate surface area is 96.5 Å². The van der Waals surface area contributed by atoms with Crippen molar-refractivity contribution in [3.63, 3.8) is 0 Å². The van der Waals surface area contributed by atoms with Gasteiger partial charge in [0.1, 0.15) is 0 Å². The summed E-state index contributed by atoms with van der Waals surface area (Å²) in [5.41, 5.74) is 3.77. The number of carbonyl (C=O) groups excluding carboxylic acids is 1. The second kappa shape index (κ2) is 4.66. The van der Waals surface area contributed by atoms with Crippen LogP contribution in [0.4, 0.5) is 0 Å². The van der Waals surface area contributed by atoms with E-state index in [1.54, 1.807) is 0 Å². The van der Waals surface area contributed by atoms with E-state index in [2.05, 4.69) is 37.4 Å². The van der Waals surface area contributed by atoms with Gasteiger partial charge in [0.05, 0.1) is 6.54 Å². The molecule has 1 fully saturated rings. The predicted molar refractivity (Wildman–Crippen MR) is 64.2 cm³/mol. The molecular formula is C13H18N2O. The van der Waals surface area contributed by atoms with Gasteiger partial charge in [-0.3, -0.25) is 4.79 Å². The van der Waals surface area contributed by atoms with Gasteiger partial charge in [-0.2, -0.15) is 0 Å². The van der Waals surface area contributed by atoms with Crippen molar-refractivity contribution in [1.29, 1.82) is 0 Å². The topological polar surface area (TPSA) is 32.3 Å².